The molecule has 0 aliphatic carbocycles. The summed E-state index contributed by atoms with van der Waals surface area (Å²) in [7, 11) is 0. The van der Waals surface area contributed by atoms with E-state index >= 15 is 0 Å². The third-order valence-corrected chi connectivity index (χ3v) is 3.09. The molecule has 0 saturated heterocycles. The summed E-state index contributed by atoms with van der Waals surface area (Å²) < 4.78 is 0. The molecule has 1 rings (SSSR count). The van der Waals surface area contributed by atoms with Crippen molar-refractivity contribution in [1.29, 1.82) is 5.26 Å². The minimum atomic E-state index is -1.03. The molecule has 0 unspecified atom stereocenters. The number of nitriles is 1. The maximum Gasteiger partial charge on any atom is 0.335 e. The van der Waals surface area contributed by atoms with Crippen molar-refractivity contribution in [2.75, 3.05) is 18.4 Å². The second-order valence-electron chi connectivity index (χ2n) is 5.03. The molecule has 0 bridgehead atoms. The summed E-state index contributed by atoms with van der Waals surface area (Å²) in [4.78, 5) is 24.9. The summed E-state index contributed by atoms with van der Waals surface area (Å²) in [5.41, 5.74) is 0.601. The first-order valence-corrected chi connectivity index (χ1v) is 7.52. The first kappa shape index (κ1) is 18.2. The summed E-state index contributed by atoms with van der Waals surface area (Å²) >= 11 is 0. The van der Waals surface area contributed by atoms with Gasteiger partial charge in [0.05, 0.1) is 5.56 Å². The Balaban J connectivity index is 2.83. The highest BCUT2D eigenvalue weighted by atomic mass is 16.4. The minimum Gasteiger partial charge on any atom is -0.478 e. The number of carboxylic acid groups (broad SMARTS) is 1. The van der Waals surface area contributed by atoms with E-state index in [9.17, 15) is 14.9 Å². The van der Waals surface area contributed by atoms with E-state index in [0.717, 1.165) is 25.9 Å². The number of carbonyl (C=O) groups excluding carboxylic acids is 1. The van der Waals surface area contributed by atoms with E-state index in [1.165, 1.54) is 24.3 Å². The van der Waals surface area contributed by atoms with Crippen LogP contribution in [0, 0.1) is 11.3 Å². The van der Waals surface area contributed by atoms with Crippen molar-refractivity contribution >= 4 is 17.6 Å². The van der Waals surface area contributed by atoms with Crippen LogP contribution in [0.4, 0.5) is 5.69 Å². The van der Waals surface area contributed by atoms with E-state index in [4.69, 9.17) is 5.11 Å². The fraction of sp³-hybridized carbons (Fsp3) is 0.353. The topological polar surface area (TPSA) is 93.4 Å². The molecule has 2 N–H and O–H groups in total. The highest BCUT2D eigenvalue weighted by molar-refractivity contribution is 6.06. The number of rotatable bonds is 8. The molecule has 0 aliphatic rings. The Labute approximate surface area is 136 Å². The van der Waals surface area contributed by atoms with Crippen molar-refractivity contribution in [3.8, 4) is 6.07 Å². The van der Waals surface area contributed by atoms with Crippen LogP contribution in [0.25, 0.3) is 0 Å². The zero-order chi connectivity index (χ0) is 17.2. The Morgan fingerprint density at radius 1 is 1.22 bits per heavy atom. The number of carbonyl (C=O) groups is 2. The van der Waals surface area contributed by atoms with Crippen LogP contribution < -0.4 is 5.32 Å². The number of hydrogen-bond acceptors (Lipinski definition) is 4. The Kier molecular flexibility index (Phi) is 7.34. The molecule has 6 heteroatoms. The minimum absolute atomic E-state index is 0.0224. The average molecular weight is 315 g/mol. The predicted octanol–water partition coefficient (Wildman–Crippen LogP) is 2.85. The number of hydrogen-bond donors (Lipinski definition) is 2. The molecule has 1 aromatic rings. The Bertz CT molecular complexity index is 609. The lowest BCUT2D eigenvalue weighted by molar-refractivity contribution is -0.112. The summed E-state index contributed by atoms with van der Waals surface area (Å²) in [6, 6.07) is 7.69. The molecule has 0 aromatic heterocycles. The van der Waals surface area contributed by atoms with Crippen molar-refractivity contribution in [3.05, 3.63) is 41.6 Å². The second kappa shape index (κ2) is 9.26. The highest BCUT2D eigenvalue weighted by Gasteiger charge is 2.12. The molecular formula is C17H21N3O3. The number of nitrogens with one attached hydrogen (secondary N) is 1. The molecule has 0 spiro atoms. The predicted molar refractivity (Wildman–Crippen MR) is 87.9 cm³/mol. The molecule has 1 amide bonds. The van der Waals surface area contributed by atoms with Crippen molar-refractivity contribution in [1.82, 2.24) is 4.90 Å². The van der Waals surface area contributed by atoms with Gasteiger partial charge in [-0.3, -0.25) is 4.79 Å². The zero-order valence-corrected chi connectivity index (χ0v) is 13.4. The smallest absolute Gasteiger partial charge is 0.335 e. The van der Waals surface area contributed by atoms with E-state index in [-0.39, 0.29) is 11.1 Å². The molecule has 1 aromatic carbocycles. The molecule has 23 heavy (non-hydrogen) atoms. The summed E-state index contributed by atoms with van der Waals surface area (Å²) in [6.07, 6.45) is 3.43. The van der Waals surface area contributed by atoms with Crippen LogP contribution in [0.3, 0.4) is 0 Å². The SMILES string of the molecule is CCCN(/C=C(/C#N)C(=O)Nc1ccc(C(=O)O)cc1)CCC. The monoisotopic (exact) mass is 315 g/mol. The first-order valence-electron chi connectivity index (χ1n) is 7.52. The number of benzene rings is 1. The van der Waals surface area contributed by atoms with Crippen molar-refractivity contribution in [2.24, 2.45) is 0 Å². The molecule has 122 valence electrons. The first-order chi connectivity index (χ1) is 11.0. The fourth-order valence-electron chi connectivity index (χ4n) is 2.03. The van der Waals surface area contributed by atoms with E-state index in [1.807, 2.05) is 24.8 Å². The number of aromatic carboxylic acids is 1. The Hall–Kier alpha value is -2.81. The van der Waals surface area contributed by atoms with Gasteiger partial charge in [-0.05, 0) is 37.1 Å². The van der Waals surface area contributed by atoms with E-state index in [1.54, 1.807) is 6.20 Å². The van der Waals surface area contributed by atoms with Gasteiger partial charge >= 0.3 is 5.97 Å². The number of carboxylic acids is 1. The molecule has 0 aliphatic heterocycles. The van der Waals surface area contributed by atoms with E-state index in [2.05, 4.69) is 5.32 Å². The van der Waals surface area contributed by atoms with E-state index in [0.29, 0.717) is 5.69 Å². The van der Waals surface area contributed by atoms with Crippen molar-refractivity contribution in [2.45, 2.75) is 26.7 Å². The average Bonchev–Trinajstić information content (AvgIpc) is 2.53. The molecule has 0 radical (unpaired) electrons. The molecule has 6 nitrogen and oxygen atoms in total. The van der Waals surface area contributed by atoms with Crippen LogP contribution in [-0.4, -0.2) is 35.0 Å². The van der Waals surface area contributed by atoms with Crippen molar-refractivity contribution < 1.29 is 14.7 Å². The van der Waals surface area contributed by atoms with Gasteiger partial charge in [0.2, 0.25) is 0 Å². The number of nitrogens with zero attached hydrogens (tertiary/aromatic N) is 2. The fourth-order valence-corrected chi connectivity index (χ4v) is 2.03. The zero-order valence-electron chi connectivity index (χ0n) is 13.4. The third-order valence-electron chi connectivity index (χ3n) is 3.09. The van der Waals surface area contributed by atoms with Gasteiger partial charge in [-0.2, -0.15) is 5.26 Å². The second-order valence-corrected chi connectivity index (χ2v) is 5.03. The summed E-state index contributed by atoms with van der Waals surface area (Å²) in [5, 5.41) is 20.6. The van der Waals surface area contributed by atoms with Gasteiger partial charge in [-0.15, -0.1) is 0 Å². The van der Waals surface area contributed by atoms with Gasteiger partial charge in [0.15, 0.2) is 0 Å². The van der Waals surface area contributed by atoms with Gasteiger partial charge in [0, 0.05) is 25.0 Å². The highest BCUT2D eigenvalue weighted by Crippen LogP contribution is 2.11. The van der Waals surface area contributed by atoms with Crippen LogP contribution in [0.1, 0.15) is 37.0 Å². The molecule has 0 heterocycles. The van der Waals surface area contributed by atoms with Crippen LogP contribution in [-0.2, 0) is 4.79 Å². The standard InChI is InChI=1S/C17H21N3O3/c1-3-9-20(10-4-2)12-14(11-18)16(21)19-15-7-5-13(6-8-15)17(22)23/h5-8,12H,3-4,9-10H2,1-2H3,(H,19,21)(H,22,23)/b14-12-. The lowest BCUT2D eigenvalue weighted by Crippen LogP contribution is -2.22. The van der Waals surface area contributed by atoms with Gasteiger partial charge in [-0.1, -0.05) is 13.8 Å². The van der Waals surface area contributed by atoms with E-state index < -0.39 is 11.9 Å². The molecule has 0 saturated carbocycles. The molecule has 0 atom stereocenters. The van der Waals surface area contributed by atoms with Crippen LogP contribution >= 0.6 is 0 Å². The summed E-state index contributed by atoms with van der Waals surface area (Å²) in [5.74, 6) is -1.54. The van der Waals surface area contributed by atoms with Gasteiger partial charge in [0.25, 0.3) is 5.91 Å². The third kappa shape index (κ3) is 5.83. The summed E-state index contributed by atoms with van der Waals surface area (Å²) in [6.45, 7) is 5.62. The lowest BCUT2D eigenvalue weighted by Gasteiger charge is -2.19. The lowest BCUT2D eigenvalue weighted by atomic mass is 10.2. The maximum absolute atomic E-state index is 12.2. The maximum atomic E-state index is 12.2. The number of amides is 1. The Morgan fingerprint density at radius 3 is 2.22 bits per heavy atom. The van der Waals surface area contributed by atoms with Gasteiger partial charge < -0.3 is 15.3 Å². The van der Waals surface area contributed by atoms with Crippen LogP contribution in [0.5, 0.6) is 0 Å². The molecular weight excluding hydrogens is 294 g/mol. The largest absolute Gasteiger partial charge is 0.478 e. The molecule has 0 fully saturated rings. The van der Waals surface area contributed by atoms with Crippen molar-refractivity contribution in [3.63, 3.8) is 0 Å². The normalized spacial score (nSPS) is 10.7. The van der Waals surface area contributed by atoms with Gasteiger partial charge in [0.1, 0.15) is 11.6 Å². The van der Waals surface area contributed by atoms with Gasteiger partial charge in [-0.25, -0.2) is 4.79 Å². The number of anilines is 1. The van der Waals surface area contributed by atoms with Crippen LogP contribution in [0.2, 0.25) is 0 Å². The quantitative estimate of drug-likeness (QED) is 0.568. The van der Waals surface area contributed by atoms with Crippen LogP contribution in [0.15, 0.2) is 36.0 Å². The Morgan fingerprint density at radius 2 is 1.78 bits per heavy atom.